The van der Waals surface area contributed by atoms with Gasteiger partial charge in [0, 0.05) is 18.5 Å². The number of aromatic nitrogens is 2. The number of nitrogens with zero attached hydrogens (tertiary/aromatic N) is 2. The first-order valence-corrected chi connectivity index (χ1v) is 6.29. The van der Waals surface area contributed by atoms with E-state index < -0.39 is 0 Å². The van der Waals surface area contributed by atoms with Crippen molar-refractivity contribution < 1.29 is 0 Å². The zero-order chi connectivity index (χ0) is 12.6. The fourth-order valence-electron chi connectivity index (χ4n) is 2.14. The van der Waals surface area contributed by atoms with E-state index in [1.807, 2.05) is 25.1 Å². The van der Waals surface area contributed by atoms with Crippen LogP contribution in [0.2, 0.25) is 5.02 Å². The maximum atomic E-state index is 6.26. The Morgan fingerprint density at radius 1 is 1.35 bits per heavy atom. The van der Waals surface area contributed by atoms with Gasteiger partial charge in [-0.2, -0.15) is 0 Å². The first-order chi connectivity index (χ1) is 8.00. The Hall–Kier alpha value is -1.06. The van der Waals surface area contributed by atoms with Crippen molar-refractivity contribution in [3.05, 3.63) is 29.0 Å². The minimum Gasteiger partial charge on any atom is -0.328 e. The molecule has 1 aromatic carbocycles. The number of benzene rings is 1. The fraction of sp³-hybridized carbons (Fsp3) is 0.462. The van der Waals surface area contributed by atoms with Gasteiger partial charge in [0.05, 0.1) is 16.1 Å². The van der Waals surface area contributed by atoms with Crippen LogP contribution in [0.4, 0.5) is 0 Å². The van der Waals surface area contributed by atoms with E-state index in [-0.39, 0.29) is 6.04 Å². The second-order valence-electron chi connectivity index (χ2n) is 4.78. The summed E-state index contributed by atoms with van der Waals surface area (Å²) in [6.45, 7) is 6.26. The molecule has 4 heteroatoms. The van der Waals surface area contributed by atoms with Gasteiger partial charge >= 0.3 is 0 Å². The Labute approximate surface area is 107 Å². The molecule has 2 N–H and O–H groups in total. The average Bonchev–Trinajstić information content (AvgIpc) is 2.56. The van der Waals surface area contributed by atoms with E-state index in [9.17, 15) is 0 Å². The minimum atomic E-state index is 0.100. The van der Waals surface area contributed by atoms with E-state index in [2.05, 4.69) is 23.4 Å². The van der Waals surface area contributed by atoms with Gasteiger partial charge in [-0.1, -0.05) is 17.7 Å². The molecular weight excluding hydrogens is 234 g/mol. The fourth-order valence-corrected chi connectivity index (χ4v) is 2.40. The highest BCUT2D eigenvalue weighted by Gasteiger charge is 2.16. The number of hydrogen-bond acceptors (Lipinski definition) is 2. The molecule has 0 aliphatic heterocycles. The third kappa shape index (κ3) is 2.31. The number of fused-ring (bicyclic) bond motifs is 1. The lowest BCUT2D eigenvalue weighted by Crippen LogP contribution is -2.21. The predicted molar refractivity (Wildman–Crippen MR) is 72.5 cm³/mol. The Bertz CT molecular complexity index is 529. The van der Waals surface area contributed by atoms with Gasteiger partial charge in [-0.15, -0.1) is 0 Å². The van der Waals surface area contributed by atoms with Crippen LogP contribution in [0.25, 0.3) is 11.0 Å². The smallest absolute Gasteiger partial charge is 0.111 e. The highest BCUT2D eigenvalue weighted by Crippen LogP contribution is 2.27. The summed E-state index contributed by atoms with van der Waals surface area (Å²) in [5.74, 6) is 1.01. The summed E-state index contributed by atoms with van der Waals surface area (Å²) < 4.78 is 2.18. The molecule has 0 radical (unpaired) electrons. The number of hydrogen-bond donors (Lipinski definition) is 1. The number of rotatable bonds is 3. The number of imidazole rings is 1. The zero-order valence-corrected chi connectivity index (χ0v) is 11.2. The Morgan fingerprint density at radius 3 is 2.65 bits per heavy atom. The van der Waals surface area contributed by atoms with Crippen molar-refractivity contribution in [2.45, 2.75) is 39.3 Å². The van der Waals surface area contributed by atoms with Crippen molar-refractivity contribution in [2.75, 3.05) is 0 Å². The summed E-state index contributed by atoms with van der Waals surface area (Å²) in [4.78, 5) is 4.63. The quantitative estimate of drug-likeness (QED) is 0.911. The van der Waals surface area contributed by atoms with Gasteiger partial charge in [-0.05, 0) is 32.9 Å². The minimum absolute atomic E-state index is 0.100. The Morgan fingerprint density at radius 2 is 2.06 bits per heavy atom. The van der Waals surface area contributed by atoms with Crippen LogP contribution in [0.15, 0.2) is 18.2 Å². The van der Waals surface area contributed by atoms with E-state index in [1.54, 1.807) is 0 Å². The molecule has 1 unspecified atom stereocenters. The SMILES string of the molecule is CC(N)Cc1nc2cccc(Cl)c2n1C(C)C. The molecule has 1 aromatic heterocycles. The van der Waals surface area contributed by atoms with E-state index in [0.29, 0.717) is 6.04 Å². The topological polar surface area (TPSA) is 43.8 Å². The predicted octanol–water partition coefficient (Wildman–Crippen LogP) is 3.16. The lowest BCUT2D eigenvalue weighted by molar-refractivity contribution is 0.564. The first-order valence-electron chi connectivity index (χ1n) is 5.91. The monoisotopic (exact) mass is 251 g/mol. The van der Waals surface area contributed by atoms with Crippen LogP contribution in [-0.4, -0.2) is 15.6 Å². The summed E-state index contributed by atoms with van der Waals surface area (Å²) in [5, 5.41) is 0.750. The zero-order valence-electron chi connectivity index (χ0n) is 10.4. The summed E-state index contributed by atoms with van der Waals surface area (Å²) in [7, 11) is 0. The van der Waals surface area contributed by atoms with Gasteiger partial charge < -0.3 is 10.3 Å². The molecule has 2 rings (SSSR count). The summed E-state index contributed by atoms with van der Waals surface area (Å²) >= 11 is 6.26. The van der Waals surface area contributed by atoms with E-state index >= 15 is 0 Å². The average molecular weight is 252 g/mol. The first kappa shape index (κ1) is 12.4. The number of nitrogens with two attached hydrogens (primary N) is 1. The number of halogens is 1. The second-order valence-corrected chi connectivity index (χ2v) is 5.19. The largest absolute Gasteiger partial charge is 0.328 e. The van der Waals surface area contributed by atoms with Gasteiger partial charge in [0.1, 0.15) is 5.82 Å². The third-order valence-corrected chi connectivity index (χ3v) is 3.06. The van der Waals surface area contributed by atoms with E-state index in [1.165, 1.54) is 0 Å². The van der Waals surface area contributed by atoms with Gasteiger partial charge in [0.15, 0.2) is 0 Å². The molecule has 0 amide bonds. The maximum absolute atomic E-state index is 6.26. The van der Waals surface area contributed by atoms with Crippen LogP contribution in [0.5, 0.6) is 0 Å². The Balaban J connectivity index is 2.67. The van der Waals surface area contributed by atoms with Crippen molar-refractivity contribution in [3.8, 4) is 0 Å². The second kappa shape index (κ2) is 4.67. The van der Waals surface area contributed by atoms with Gasteiger partial charge in [-0.3, -0.25) is 0 Å². The van der Waals surface area contributed by atoms with Crippen molar-refractivity contribution in [1.82, 2.24) is 9.55 Å². The van der Waals surface area contributed by atoms with E-state index in [0.717, 1.165) is 28.3 Å². The summed E-state index contributed by atoms with van der Waals surface area (Å²) in [6.07, 6.45) is 0.767. The third-order valence-electron chi connectivity index (χ3n) is 2.75. The lowest BCUT2D eigenvalue weighted by Gasteiger charge is -2.14. The molecule has 0 saturated heterocycles. The van der Waals surface area contributed by atoms with Crippen molar-refractivity contribution in [3.63, 3.8) is 0 Å². The standard InChI is InChI=1S/C13H18ClN3/c1-8(2)17-12(7-9(3)15)16-11-6-4-5-10(14)13(11)17/h4-6,8-9H,7,15H2,1-3H3. The van der Waals surface area contributed by atoms with Crippen LogP contribution >= 0.6 is 11.6 Å². The molecule has 92 valence electrons. The van der Waals surface area contributed by atoms with Crippen molar-refractivity contribution in [2.24, 2.45) is 5.73 Å². The number of para-hydroxylation sites is 1. The van der Waals surface area contributed by atoms with Crippen LogP contribution < -0.4 is 5.73 Å². The Kier molecular flexibility index (Phi) is 3.40. The summed E-state index contributed by atoms with van der Waals surface area (Å²) in [5.41, 5.74) is 7.83. The van der Waals surface area contributed by atoms with Crippen LogP contribution in [-0.2, 0) is 6.42 Å². The van der Waals surface area contributed by atoms with Gasteiger partial charge in [-0.25, -0.2) is 4.98 Å². The van der Waals surface area contributed by atoms with Gasteiger partial charge in [0.2, 0.25) is 0 Å². The molecule has 3 nitrogen and oxygen atoms in total. The van der Waals surface area contributed by atoms with Crippen molar-refractivity contribution in [1.29, 1.82) is 0 Å². The van der Waals surface area contributed by atoms with Crippen LogP contribution in [0, 0.1) is 0 Å². The highest BCUT2D eigenvalue weighted by molar-refractivity contribution is 6.35. The molecule has 0 fully saturated rings. The molecule has 0 bridgehead atoms. The molecule has 1 atom stereocenters. The molecular formula is C13H18ClN3. The normalized spacial score (nSPS) is 13.5. The molecule has 0 saturated carbocycles. The molecule has 2 aromatic rings. The molecule has 1 heterocycles. The van der Waals surface area contributed by atoms with Crippen LogP contribution in [0.3, 0.4) is 0 Å². The van der Waals surface area contributed by atoms with Gasteiger partial charge in [0.25, 0.3) is 0 Å². The molecule has 0 aliphatic rings. The maximum Gasteiger partial charge on any atom is 0.111 e. The lowest BCUT2D eigenvalue weighted by atomic mass is 10.2. The molecule has 0 aliphatic carbocycles. The van der Waals surface area contributed by atoms with E-state index in [4.69, 9.17) is 17.3 Å². The molecule has 17 heavy (non-hydrogen) atoms. The van der Waals surface area contributed by atoms with Crippen LogP contribution in [0.1, 0.15) is 32.6 Å². The van der Waals surface area contributed by atoms with Crippen molar-refractivity contribution >= 4 is 22.6 Å². The molecule has 0 spiro atoms. The highest BCUT2D eigenvalue weighted by atomic mass is 35.5. The summed E-state index contributed by atoms with van der Waals surface area (Å²) in [6, 6.07) is 6.25.